The van der Waals surface area contributed by atoms with Crippen molar-refractivity contribution in [2.75, 3.05) is 5.75 Å². The molecule has 3 nitrogen and oxygen atoms in total. The third kappa shape index (κ3) is 3.97. The molecule has 1 heterocycles. The first-order valence-corrected chi connectivity index (χ1v) is 8.29. The normalized spacial score (nSPS) is 12.4. The number of para-hydroxylation sites is 1. The van der Waals surface area contributed by atoms with Crippen LogP contribution in [0.4, 0.5) is 0 Å². The second kappa shape index (κ2) is 6.94. The largest absolute Gasteiger partial charge is 0.353 e. The Morgan fingerprint density at radius 3 is 2.81 bits per heavy atom. The quantitative estimate of drug-likeness (QED) is 0.853. The van der Waals surface area contributed by atoms with Gasteiger partial charge in [0.2, 0.25) is 5.91 Å². The number of carbonyl (C=O) groups excluding carboxylic acids is 1. The van der Waals surface area contributed by atoms with Gasteiger partial charge in [0.15, 0.2) is 0 Å². The van der Waals surface area contributed by atoms with Crippen LogP contribution in [0.5, 0.6) is 0 Å². The van der Waals surface area contributed by atoms with Gasteiger partial charge in [-0.05, 0) is 44.4 Å². The van der Waals surface area contributed by atoms with Gasteiger partial charge in [-0.15, -0.1) is 0 Å². The molecule has 0 spiro atoms. The zero-order valence-electron chi connectivity index (χ0n) is 13.1. The van der Waals surface area contributed by atoms with Crippen molar-refractivity contribution in [2.45, 2.75) is 45.2 Å². The molecule has 1 N–H and O–H groups in total. The molecular formula is C17H22N2OS. The van der Waals surface area contributed by atoms with Gasteiger partial charge < -0.3 is 5.32 Å². The number of aryl methyl sites for hydroxylation is 2. The Kier molecular flexibility index (Phi) is 5.23. The van der Waals surface area contributed by atoms with E-state index in [9.17, 15) is 4.79 Å². The molecule has 1 atom stereocenters. The summed E-state index contributed by atoms with van der Waals surface area (Å²) in [7, 11) is 0. The number of benzene rings is 1. The van der Waals surface area contributed by atoms with Gasteiger partial charge in [-0.2, -0.15) is 0 Å². The molecule has 2 rings (SSSR count). The zero-order chi connectivity index (χ0) is 15.4. The van der Waals surface area contributed by atoms with Crippen LogP contribution in [0.25, 0.3) is 10.9 Å². The molecule has 2 aromatic rings. The number of thioether (sulfide) groups is 1. The predicted octanol–water partition coefficient (Wildman–Crippen LogP) is 3.86. The molecule has 0 fully saturated rings. The summed E-state index contributed by atoms with van der Waals surface area (Å²) in [6.07, 6.45) is 0.947. The van der Waals surface area contributed by atoms with E-state index in [0.29, 0.717) is 5.75 Å². The first kappa shape index (κ1) is 15.8. The van der Waals surface area contributed by atoms with Crippen molar-refractivity contribution in [3.8, 4) is 0 Å². The molecule has 0 unspecified atom stereocenters. The van der Waals surface area contributed by atoms with Crippen LogP contribution in [-0.2, 0) is 4.79 Å². The van der Waals surface area contributed by atoms with Crippen LogP contribution in [0.15, 0.2) is 29.3 Å². The van der Waals surface area contributed by atoms with Crippen molar-refractivity contribution < 1.29 is 4.79 Å². The monoisotopic (exact) mass is 302 g/mol. The number of nitrogens with one attached hydrogen (secondary N) is 1. The molecule has 0 aliphatic heterocycles. The van der Waals surface area contributed by atoms with Gasteiger partial charge in [-0.1, -0.05) is 36.9 Å². The van der Waals surface area contributed by atoms with E-state index in [1.807, 2.05) is 6.92 Å². The fourth-order valence-corrected chi connectivity index (χ4v) is 2.94. The van der Waals surface area contributed by atoms with Gasteiger partial charge in [0.1, 0.15) is 0 Å². The Morgan fingerprint density at radius 1 is 1.33 bits per heavy atom. The Labute approximate surface area is 130 Å². The predicted molar refractivity (Wildman–Crippen MR) is 89.8 cm³/mol. The molecule has 0 aliphatic carbocycles. The molecule has 1 amide bonds. The van der Waals surface area contributed by atoms with Crippen LogP contribution in [0.3, 0.4) is 0 Å². The lowest BCUT2D eigenvalue weighted by atomic mass is 10.1. The summed E-state index contributed by atoms with van der Waals surface area (Å²) >= 11 is 1.50. The maximum absolute atomic E-state index is 11.8. The molecule has 1 aromatic heterocycles. The van der Waals surface area contributed by atoms with Gasteiger partial charge in [0.25, 0.3) is 0 Å². The minimum Gasteiger partial charge on any atom is -0.353 e. The van der Waals surface area contributed by atoms with Crippen molar-refractivity contribution >= 4 is 28.6 Å². The average Bonchev–Trinajstić information content (AvgIpc) is 2.46. The topological polar surface area (TPSA) is 42.0 Å². The Bertz CT molecular complexity index is 655. The summed E-state index contributed by atoms with van der Waals surface area (Å²) in [5.41, 5.74) is 3.40. The van der Waals surface area contributed by atoms with Crippen LogP contribution in [-0.4, -0.2) is 22.7 Å². The van der Waals surface area contributed by atoms with Crippen molar-refractivity contribution in [1.29, 1.82) is 0 Å². The van der Waals surface area contributed by atoms with Crippen molar-refractivity contribution in [3.05, 3.63) is 35.4 Å². The smallest absolute Gasteiger partial charge is 0.230 e. The molecule has 0 saturated heterocycles. The van der Waals surface area contributed by atoms with Crippen LogP contribution >= 0.6 is 11.8 Å². The Hall–Kier alpha value is -1.55. The molecule has 4 heteroatoms. The van der Waals surface area contributed by atoms with E-state index in [-0.39, 0.29) is 11.9 Å². The van der Waals surface area contributed by atoms with E-state index in [4.69, 9.17) is 0 Å². The van der Waals surface area contributed by atoms with Gasteiger partial charge in [-0.25, -0.2) is 4.98 Å². The minimum absolute atomic E-state index is 0.0682. The van der Waals surface area contributed by atoms with Gasteiger partial charge in [0, 0.05) is 11.4 Å². The van der Waals surface area contributed by atoms with Gasteiger partial charge >= 0.3 is 0 Å². The summed E-state index contributed by atoms with van der Waals surface area (Å²) in [6, 6.07) is 8.50. The van der Waals surface area contributed by atoms with E-state index < -0.39 is 0 Å². The van der Waals surface area contributed by atoms with Crippen LogP contribution in [0.1, 0.15) is 31.4 Å². The number of fused-ring (bicyclic) bond motifs is 1. The van der Waals surface area contributed by atoms with Crippen LogP contribution < -0.4 is 5.32 Å². The van der Waals surface area contributed by atoms with E-state index >= 15 is 0 Å². The van der Waals surface area contributed by atoms with Crippen molar-refractivity contribution in [2.24, 2.45) is 0 Å². The molecule has 0 bridgehead atoms. The highest BCUT2D eigenvalue weighted by Gasteiger charge is 2.09. The van der Waals surface area contributed by atoms with Gasteiger partial charge in [0.05, 0.1) is 16.3 Å². The van der Waals surface area contributed by atoms with Crippen LogP contribution in [0, 0.1) is 13.8 Å². The van der Waals surface area contributed by atoms with Crippen LogP contribution in [0.2, 0.25) is 0 Å². The minimum atomic E-state index is 0.0682. The molecule has 0 radical (unpaired) electrons. The Morgan fingerprint density at radius 2 is 2.10 bits per heavy atom. The highest BCUT2D eigenvalue weighted by Crippen LogP contribution is 2.25. The summed E-state index contributed by atoms with van der Waals surface area (Å²) in [6.45, 7) is 8.24. The van der Waals surface area contributed by atoms with E-state index in [1.165, 1.54) is 28.3 Å². The second-order valence-electron chi connectivity index (χ2n) is 5.41. The standard InChI is InChI=1S/C17H22N2OS/c1-5-13(4)18-15(20)10-21-16-9-12(3)14-8-6-7-11(2)17(14)19-16/h6-9,13H,5,10H2,1-4H3,(H,18,20)/t13-/m0/s1. The summed E-state index contributed by atoms with van der Waals surface area (Å²) in [5.74, 6) is 0.479. The summed E-state index contributed by atoms with van der Waals surface area (Å²) in [5, 5.41) is 5.07. The number of carbonyl (C=O) groups is 1. The summed E-state index contributed by atoms with van der Waals surface area (Å²) in [4.78, 5) is 16.5. The molecule has 0 aliphatic rings. The highest BCUT2D eigenvalue weighted by molar-refractivity contribution is 7.99. The maximum atomic E-state index is 11.8. The zero-order valence-corrected chi connectivity index (χ0v) is 13.9. The van der Waals surface area contributed by atoms with E-state index in [0.717, 1.165) is 17.0 Å². The first-order valence-electron chi connectivity index (χ1n) is 7.30. The van der Waals surface area contributed by atoms with Crippen molar-refractivity contribution in [1.82, 2.24) is 10.3 Å². The fraction of sp³-hybridized carbons (Fsp3) is 0.412. The fourth-order valence-electron chi connectivity index (χ4n) is 2.16. The third-order valence-electron chi connectivity index (χ3n) is 3.60. The lowest BCUT2D eigenvalue weighted by Gasteiger charge is -2.11. The number of pyridine rings is 1. The molecule has 1 aromatic carbocycles. The van der Waals surface area contributed by atoms with E-state index in [2.05, 4.69) is 55.3 Å². The molecular weight excluding hydrogens is 280 g/mol. The number of aromatic nitrogens is 1. The lowest BCUT2D eigenvalue weighted by molar-refractivity contribution is -0.119. The van der Waals surface area contributed by atoms with Gasteiger partial charge in [-0.3, -0.25) is 4.79 Å². The molecule has 21 heavy (non-hydrogen) atoms. The van der Waals surface area contributed by atoms with Crippen molar-refractivity contribution in [3.63, 3.8) is 0 Å². The first-order chi connectivity index (χ1) is 10.0. The Balaban J connectivity index is 2.13. The second-order valence-corrected chi connectivity index (χ2v) is 6.41. The maximum Gasteiger partial charge on any atom is 0.230 e. The number of nitrogens with zero attached hydrogens (tertiary/aromatic N) is 1. The number of rotatable bonds is 5. The number of hydrogen-bond donors (Lipinski definition) is 1. The SMILES string of the molecule is CC[C@H](C)NC(=O)CSc1cc(C)c2cccc(C)c2n1. The highest BCUT2D eigenvalue weighted by atomic mass is 32.2. The lowest BCUT2D eigenvalue weighted by Crippen LogP contribution is -2.33. The van der Waals surface area contributed by atoms with E-state index in [1.54, 1.807) is 0 Å². The molecule has 0 saturated carbocycles. The third-order valence-corrected chi connectivity index (χ3v) is 4.51. The average molecular weight is 302 g/mol. The summed E-state index contributed by atoms with van der Waals surface area (Å²) < 4.78 is 0. The molecule has 112 valence electrons. The number of hydrogen-bond acceptors (Lipinski definition) is 3. The number of amides is 1.